The number of rotatable bonds is 5. The van der Waals surface area contributed by atoms with Crippen LogP contribution in [-0.2, 0) is 6.42 Å². The average Bonchev–Trinajstić information content (AvgIpc) is 3.22. The largest absolute Gasteiger partial charge is 0.388 e. The number of aliphatic hydroxyl groups excluding tert-OH is 1. The summed E-state index contributed by atoms with van der Waals surface area (Å²) in [4.78, 5) is 0. The van der Waals surface area contributed by atoms with Crippen LogP contribution in [0.1, 0.15) is 43.2 Å². The van der Waals surface area contributed by atoms with Crippen LogP contribution in [0.4, 0.5) is 4.39 Å². The van der Waals surface area contributed by atoms with Crippen molar-refractivity contribution in [3.05, 3.63) is 113 Å². The Bertz CT molecular complexity index is 1310. The Morgan fingerprint density at radius 1 is 1.00 bits per heavy atom. The lowest BCUT2D eigenvalue weighted by molar-refractivity contribution is 0.121. The lowest BCUT2D eigenvalue weighted by Crippen LogP contribution is -2.27. The third-order valence-electron chi connectivity index (χ3n) is 6.87. The molecule has 3 nitrogen and oxygen atoms in total. The molecular weight excluding hydrogens is 411 g/mol. The fraction of sp³-hybridized carbons (Fsp3) is 0.207. The van der Waals surface area contributed by atoms with Gasteiger partial charge in [0.15, 0.2) is 0 Å². The number of aromatic nitrogens is 2. The van der Waals surface area contributed by atoms with Gasteiger partial charge in [0.25, 0.3) is 0 Å². The van der Waals surface area contributed by atoms with E-state index >= 15 is 0 Å². The van der Waals surface area contributed by atoms with Gasteiger partial charge < -0.3 is 5.11 Å². The molecule has 0 amide bonds. The summed E-state index contributed by atoms with van der Waals surface area (Å²) in [5.41, 5.74) is 7.19. The van der Waals surface area contributed by atoms with E-state index in [1.807, 2.05) is 41.2 Å². The molecule has 1 aromatic heterocycles. The molecule has 4 heteroatoms. The van der Waals surface area contributed by atoms with Crippen molar-refractivity contribution in [2.24, 2.45) is 5.41 Å². The fourth-order valence-corrected chi connectivity index (χ4v) is 4.74. The molecule has 2 atom stereocenters. The number of nitrogens with zero attached hydrogens (tertiary/aromatic N) is 2. The van der Waals surface area contributed by atoms with E-state index in [4.69, 9.17) is 0 Å². The van der Waals surface area contributed by atoms with Crippen molar-refractivity contribution in [1.29, 1.82) is 0 Å². The van der Waals surface area contributed by atoms with Gasteiger partial charge in [0, 0.05) is 0 Å². The molecule has 0 fully saturated rings. The van der Waals surface area contributed by atoms with Crippen LogP contribution in [0.3, 0.4) is 0 Å². The van der Waals surface area contributed by atoms with Crippen LogP contribution in [0.25, 0.3) is 22.9 Å². The second-order valence-corrected chi connectivity index (χ2v) is 9.22. The quantitative estimate of drug-likeness (QED) is 0.373. The normalized spacial score (nSPS) is 18.5. The summed E-state index contributed by atoms with van der Waals surface area (Å²) in [7, 11) is 0. The molecular formula is C29H27FN2O. The Morgan fingerprint density at radius 2 is 1.73 bits per heavy atom. The van der Waals surface area contributed by atoms with Crippen molar-refractivity contribution in [1.82, 2.24) is 9.78 Å². The first-order valence-electron chi connectivity index (χ1n) is 11.3. The Kier molecular flexibility index (Phi) is 5.47. The van der Waals surface area contributed by atoms with E-state index in [2.05, 4.69) is 49.3 Å². The first-order chi connectivity index (χ1) is 15.9. The van der Waals surface area contributed by atoms with Gasteiger partial charge in [-0.15, -0.1) is 0 Å². The SMILES string of the molecule is CC1=Cc2c(cnn2-c2ccc(F)cc2)CC1(C)CC(O)c1cccc(-c2ccccc2)c1. The number of halogens is 1. The minimum absolute atomic E-state index is 0.189. The molecule has 0 spiro atoms. The van der Waals surface area contributed by atoms with Gasteiger partial charge in [0.05, 0.1) is 23.7 Å². The highest BCUT2D eigenvalue weighted by Crippen LogP contribution is 2.44. The summed E-state index contributed by atoms with van der Waals surface area (Å²) in [6.45, 7) is 4.33. The van der Waals surface area contributed by atoms with E-state index in [1.54, 1.807) is 12.1 Å². The minimum atomic E-state index is -0.573. The predicted octanol–water partition coefficient (Wildman–Crippen LogP) is 6.77. The van der Waals surface area contributed by atoms with E-state index in [0.29, 0.717) is 6.42 Å². The molecule has 2 unspecified atom stereocenters. The predicted molar refractivity (Wildman–Crippen MR) is 130 cm³/mol. The molecule has 1 heterocycles. The molecule has 4 aromatic rings. The smallest absolute Gasteiger partial charge is 0.123 e. The number of fused-ring (bicyclic) bond motifs is 1. The number of aliphatic hydroxyl groups is 1. The van der Waals surface area contributed by atoms with Gasteiger partial charge in [0.2, 0.25) is 0 Å². The van der Waals surface area contributed by atoms with Gasteiger partial charge in [-0.05, 0) is 83.8 Å². The average molecular weight is 439 g/mol. The Morgan fingerprint density at radius 3 is 2.48 bits per heavy atom. The molecule has 1 N–H and O–H groups in total. The first-order valence-corrected chi connectivity index (χ1v) is 11.3. The summed E-state index contributed by atoms with van der Waals surface area (Å²) >= 11 is 0. The summed E-state index contributed by atoms with van der Waals surface area (Å²) in [6.07, 6.45) is 4.89. The number of allylic oxidation sites excluding steroid dienone is 1. The monoisotopic (exact) mass is 438 g/mol. The maximum Gasteiger partial charge on any atom is 0.123 e. The summed E-state index contributed by atoms with van der Waals surface area (Å²) in [6, 6.07) is 24.8. The van der Waals surface area contributed by atoms with E-state index in [0.717, 1.165) is 40.1 Å². The molecule has 3 aromatic carbocycles. The topological polar surface area (TPSA) is 38.0 Å². The van der Waals surface area contributed by atoms with Crippen molar-refractivity contribution in [3.63, 3.8) is 0 Å². The van der Waals surface area contributed by atoms with Crippen molar-refractivity contribution in [3.8, 4) is 16.8 Å². The van der Waals surface area contributed by atoms with Gasteiger partial charge in [-0.3, -0.25) is 0 Å². The molecule has 0 saturated carbocycles. The zero-order chi connectivity index (χ0) is 23.0. The molecule has 0 aliphatic heterocycles. The third-order valence-corrected chi connectivity index (χ3v) is 6.87. The van der Waals surface area contributed by atoms with Gasteiger partial charge in [-0.2, -0.15) is 5.10 Å². The Balaban J connectivity index is 1.40. The van der Waals surface area contributed by atoms with Crippen LogP contribution in [0, 0.1) is 11.2 Å². The highest BCUT2D eigenvalue weighted by Gasteiger charge is 2.35. The molecule has 0 bridgehead atoms. The highest BCUT2D eigenvalue weighted by molar-refractivity contribution is 5.64. The molecule has 166 valence electrons. The fourth-order valence-electron chi connectivity index (χ4n) is 4.74. The first kappa shape index (κ1) is 21.4. The minimum Gasteiger partial charge on any atom is -0.388 e. The molecule has 0 radical (unpaired) electrons. The van der Waals surface area contributed by atoms with Crippen molar-refractivity contribution in [2.45, 2.75) is 32.8 Å². The van der Waals surface area contributed by atoms with Gasteiger partial charge in [-0.1, -0.05) is 61.0 Å². The van der Waals surface area contributed by atoms with Gasteiger partial charge >= 0.3 is 0 Å². The summed E-state index contributed by atoms with van der Waals surface area (Å²) in [5.74, 6) is -0.260. The number of hydrogen-bond acceptors (Lipinski definition) is 2. The van der Waals surface area contributed by atoms with E-state index in [9.17, 15) is 9.50 Å². The van der Waals surface area contributed by atoms with Crippen molar-refractivity contribution < 1.29 is 9.50 Å². The van der Waals surface area contributed by atoms with Crippen LogP contribution in [0.15, 0.2) is 90.6 Å². The van der Waals surface area contributed by atoms with Crippen LogP contribution in [-0.4, -0.2) is 14.9 Å². The number of hydrogen-bond donors (Lipinski definition) is 1. The zero-order valence-corrected chi connectivity index (χ0v) is 18.9. The van der Waals surface area contributed by atoms with Crippen LogP contribution < -0.4 is 0 Å². The van der Waals surface area contributed by atoms with Crippen molar-refractivity contribution >= 4 is 6.08 Å². The maximum absolute atomic E-state index is 13.3. The lowest BCUT2D eigenvalue weighted by Gasteiger charge is -2.36. The number of benzene rings is 3. The lowest BCUT2D eigenvalue weighted by atomic mass is 9.70. The van der Waals surface area contributed by atoms with Crippen molar-refractivity contribution in [2.75, 3.05) is 0 Å². The molecule has 1 aliphatic rings. The van der Waals surface area contributed by atoms with Crippen LogP contribution in [0.2, 0.25) is 0 Å². The van der Waals surface area contributed by atoms with Crippen LogP contribution in [0.5, 0.6) is 0 Å². The third kappa shape index (κ3) is 4.14. The van der Waals surface area contributed by atoms with E-state index in [-0.39, 0.29) is 11.2 Å². The Labute approximate surface area is 193 Å². The summed E-state index contributed by atoms with van der Waals surface area (Å²) in [5, 5.41) is 15.8. The Hall–Kier alpha value is -3.50. The van der Waals surface area contributed by atoms with Crippen LogP contribution >= 0.6 is 0 Å². The van der Waals surface area contributed by atoms with E-state index in [1.165, 1.54) is 17.7 Å². The molecule has 1 aliphatic carbocycles. The zero-order valence-electron chi connectivity index (χ0n) is 18.9. The molecule has 33 heavy (non-hydrogen) atoms. The summed E-state index contributed by atoms with van der Waals surface area (Å²) < 4.78 is 15.2. The van der Waals surface area contributed by atoms with Gasteiger partial charge in [-0.25, -0.2) is 9.07 Å². The second kappa shape index (κ2) is 8.45. The highest BCUT2D eigenvalue weighted by atomic mass is 19.1. The van der Waals surface area contributed by atoms with E-state index < -0.39 is 6.10 Å². The van der Waals surface area contributed by atoms with Gasteiger partial charge in [0.1, 0.15) is 5.82 Å². The standard InChI is InChI=1S/C29H27FN2O/c1-20-15-27-24(19-31-32(27)26-13-11-25(30)12-14-26)17-29(20,2)18-28(33)23-10-6-9-22(16-23)21-7-4-3-5-8-21/h3-16,19,28,33H,17-18H2,1-2H3. The molecule has 0 saturated heterocycles. The second-order valence-electron chi connectivity index (χ2n) is 9.22. The maximum atomic E-state index is 13.3. The molecule has 5 rings (SSSR count).